The van der Waals surface area contributed by atoms with Gasteiger partial charge >= 0.3 is 0 Å². The summed E-state index contributed by atoms with van der Waals surface area (Å²) in [6, 6.07) is 8.52. The highest BCUT2D eigenvalue weighted by Gasteiger charge is 1.94. The first-order valence-corrected chi connectivity index (χ1v) is 7.55. The summed E-state index contributed by atoms with van der Waals surface area (Å²) in [4.78, 5) is 0. The van der Waals surface area contributed by atoms with E-state index in [2.05, 4.69) is 47.6 Å². The van der Waals surface area contributed by atoms with Crippen LogP contribution in [0.15, 0.2) is 24.3 Å². The molecule has 0 aliphatic carbocycles. The highest BCUT2D eigenvalue weighted by atomic mass is 33.1. The van der Waals surface area contributed by atoms with Gasteiger partial charge in [0.2, 0.25) is 0 Å². The third-order valence-corrected chi connectivity index (χ3v) is 3.15. The van der Waals surface area contributed by atoms with Crippen LogP contribution in [0.25, 0.3) is 0 Å². The molecule has 0 unspecified atom stereocenters. The molecule has 0 nitrogen and oxygen atoms in total. The molecule has 0 amide bonds. The van der Waals surface area contributed by atoms with E-state index in [1.807, 2.05) is 0 Å². The van der Waals surface area contributed by atoms with E-state index < -0.39 is 0 Å². The van der Waals surface area contributed by atoms with Crippen LogP contribution in [0.3, 0.4) is 0 Å². The summed E-state index contributed by atoms with van der Waals surface area (Å²) in [6.45, 7) is 0. The van der Waals surface area contributed by atoms with Crippen LogP contribution in [0, 0.1) is 0 Å². The summed E-state index contributed by atoms with van der Waals surface area (Å²) in [6.07, 6.45) is 0. The molecule has 1 aromatic rings. The minimum atomic E-state index is 0.966. The quantitative estimate of drug-likeness (QED) is 0.600. The molecule has 0 bridgehead atoms. The molecule has 12 heavy (non-hydrogen) atoms. The lowest BCUT2D eigenvalue weighted by molar-refractivity contribution is 1.34. The normalized spacial score (nSPS) is 10.2. The molecule has 0 aromatic heterocycles. The molecule has 0 aliphatic rings. The second-order valence-electron chi connectivity index (χ2n) is 2.37. The topological polar surface area (TPSA) is 0 Å². The maximum atomic E-state index is 4.11. The molecule has 0 radical (unpaired) electrons. The number of benzene rings is 1. The Bertz CT molecular complexity index is 215. The number of hydrogen-bond acceptors (Lipinski definition) is 4. The molecule has 0 saturated heterocycles. The highest BCUT2D eigenvalue weighted by molar-refractivity contribution is 8.68. The third kappa shape index (κ3) is 3.56. The van der Waals surface area contributed by atoms with Crippen LogP contribution in [-0.2, 0) is 11.5 Å². The van der Waals surface area contributed by atoms with Crippen molar-refractivity contribution in [1.82, 2.24) is 0 Å². The Kier molecular flexibility index (Phi) is 5.47. The molecule has 0 N–H and O–H groups in total. The van der Waals surface area contributed by atoms with Crippen molar-refractivity contribution in [3.05, 3.63) is 35.4 Å². The summed E-state index contributed by atoms with van der Waals surface area (Å²) >= 11 is 8.23. The molecule has 0 spiro atoms. The fourth-order valence-electron chi connectivity index (χ4n) is 0.958. The molecule has 1 aromatic carbocycles. The van der Waals surface area contributed by atoms with E-state index in [9.17, 15) is 0 Å². The third-order valence-electron chi connectivity index (χ3n) is 1.45. The van der Waals surface area contributed by atoms with Crippen LogP contribution in [0.2, 0.25) is 0 Å². The van der Waals surface area contributed by atoms with Crippen LogP contribution in [0.5, 0.6) is 0 Å². The molecule has 0 saturated carbocycles. The average Bonchev–Trinajstić information content (AvgIpc) is 2.06. The molecule has 66 valence electrons. The van der Waals surface area contributed by atoms with Gasteiger partial charge in [-0.15, -0.1) is 23.3 Å². The number of thiol groups is 2. The number of hydrogen-bond donors (Lipinski definition) is 2. The van der Waals surface area contributed by atoms with Crippen molar-refractivity contribution in [3.63, 3.8) is 0 Å². The molecule has 1 rings (SSSR count). The highest BCUT2D eigenvalue weighted by Crippen LogP contribution is 2.19. The average molecular weight is 234 g/mol. The van der Waals surface area contributed by atoms with Crippen molar-refractivity contribution in [2.45, 2.75) is 11.5 Å². The van der Waals surface area contributed by atoms with Gasteiger partial charge in [0.25, 0.3) is 0 Å². The maximum Gasteiger partial charge on any atom is 0.0286 e. The Morgan fingerprint density at radius 3 is 1.92 bits per heavy atom. The molecule has 0 heterocycles. The van der Waals surface area contributed by atoms with Gasteiger partial charge in [-0.3, -0.25) is 0 Å². The van der Waals surface area contributed by atoms with Crippen molar-refractivity contribution in [3.8, 4) is 0 Å². The molecule has 0 fully saturated rings. The lowest BCUT2D eigenvalue weighted by atomic mass is 10.2. The minimum absolute atomic E-state index is 0.966. The zero-order chi connectivity index (χ0) is 8.81. The first-order chi connectivity index (χ1) is 5.86. The van der Waals surface area contributed by atoms with Crippen molar-refractivity contribution in [2.24, 2.45) is 0 Å². The second-order valence-corrected chi connectivity index (χ2v) is 5.01. The van der Waals surface area contributed by atoms with Gasteiger partial charge in [-0.25, -0.2) is 0 Å². The van der Waals surface area contributed by atoms with E-state index in [-0.39, 0.29) is 0 Å². The lowest BCUT2D eigenvalue weighted by Gasteiger charge is -2.01. The van der Waals surface area contributed by atoms with Crippen molar-refractivity contribution < 1.29 is 0 Å². The number of rotatable bonds is 4. The molecular weight excluding hydrogens is 224 g/mol. The SMILES string of the molecule is SSCc1cccc(CSS)c1. The largest absolute Gasteiger partial charge is 0.111 e. The predicted molar refractivity (Wildman–Crippen MR) is 67.0 cm³/mol. The van der Waals surface area contributed by atoms with Gasteiger partial charge in [-0.05, 0) is 11.1 Å². The minimum Gasteiger partial charge on any atom is -0.111 e. The maximum absolute atomic E-state index is 4.11. The Balaban J connectivity index is 2.67. The molecule has 4 heteroatoms. The van der Waals surface area contributed by atoms with Gasteiger partial charge in [0.1, 0.15) is 0 Å². The van der Waals surface area contributed by atoms with Gasteiger partial charge < -0.3 is 0 Å². The van der Waals surface area contributed by atoms with Gasteiger partial charge in [-0.2, -0.15) is 0 Å². The summed E-state index contributed by atoms with van der Waals surface area (Å²) in [7, 11) is 3.10. The smallest absolute Gasteiger partial charge is 0.0286 e. The van der Waals surface area contributed by atoms with Crippen molar-refractivity contribution >= 4 is 44.9 Å². The first-order valence-electron chi connectivity index (χ1n) is 3.47. The molecule has 0 aliphatic heterocycles. The first kappa shape index (κ1) is 10.7. The van der Waals surface area contributed by atoms with Crippen LogP contribution in [0.4, 0.5) is 0 Å². The standard InChI is InChI=1S/C8H10S4/c9-11-5-7-2-1-3-8(4-7)6-12-10/h1-4,9-10H,5-6H2. The Morgan fingerprint density at radius 2 is 1.50 bits per heavy atom. The van der Waals surface area contributed by atoms with Gasteiger partial charge in [0, 0.05) is 11.5 Å². The van der Waals surface area contributed by atoms with Crippen LogP contribution in [-0.4, -0.2) is 0 Å². The fraction of sp³-hybridized carbons (Fsp3) is 0.250. The van der Waals surface area contributed by atoms with E-state index in [1.54, 1.807) is 21.6 Å². The Labute approximate surface area is 91.5 Å². The van der Waals surface area contributed by atoms with Crippen LogP contribution >= 0.6 is 44.9 Å². The molecule has 0 atom stereocenters. The van der Waals surface area contributed by atoms with E-state index in [0.29, 0.717) is 0 Å². The lowest BCUT2D eigenvalue weighted by Crippen LogP contribution is -1.82. The zero-order valence-electron chi connectivity index (χ0n) is 6.43. The summed E-state index contributed by atoms with van der Waals surface area (Å²) in [5, 5.41) is 0. The van der Waals surface area contributed by atoms with Gasteiger partial charge in [-0.1, -0.05) is 45.9 Å². The van der Waals surface area contributed by atoms with Gasteiger partial charge in [0.15, 0.2) is 0 Å². The predicted octanol–water partition coefficient (Wildman–Crippen LogP) is 3.84. The summed E-state index contributed by atoms with van der Waals surface area (Å²) in [5.41, 5.74) is 2.66. The van der Waals surface area contributed by atoms with Crippen LogP contribution < -0.4 is 0 Å². The summed E-state index contributed by atoms with van der Waals surface area (Å²) in [5.74, 6) is 1.93. The fourth-order valence-corrected chi connectivity index (χ4v) is 2.51. The zero-order valence-corrected chi connectivity index (χ0v) is 9.86. The monoisotopic (exact) mass is 234 g/mol. The molecular formula is C8H10S4. The van der Waals surface area contributed by atoms with Crippen molar-refractivity contribution in [2.75, 3.05) is 0 Å². The van der Waals surface area contributed by atoms with Crippen molar-refractivity contribution in [1.29, 1.82) is 0 Å². The Morgan fingerprint density at radius 1 is 1.00 bits per heavy atom. The Hall–Kier alpha value is 0.620. The van der Waals surface area contributed by atoms with Crippen LogP contribution in [0.1, 0.15) is 11.1 Å². The van der Waals surface area contributed by atoms with E-state index >= 15 is 0 Å². The van der Waals surface area contributed by atoms with E-state index in [1.165, 1.54) is 11.1 Å². The van der Waals surface area contributed by atoms with E-state index in [4.69, 9.17) is 0 Å². The van der Waals surface area contributed by atoms with E-state index in [0.717, 1.165) is 11.5 Å². The van der Waals surface area contributed by atoms with Gasteiger partial charge in [0.05, 0.1) is 0 Å². The second kappa shape index (κ2) is 6.13. The summed E-state index contributed by atoms with van der Waals surface area (Å²) < 4.78 is 0.